The second-order valence-corrected chi connectivity index (χ2v) is 8.84. The molecule has 0 saturated heterocycles. The monoisotopic (exact) mass is 493 g/mol. The van der Waals surface area contributed by atoms with E-state index in [-0.39, 0.29) is 17.8 Å². The minimum absolute atomic E-state index is 0.0364. The molecule has 2 atom stereocenters. The molecule has 2 amide bonds. The van der Waals surface area contributed by atoms with Crippen molar-refractivity contribution >= 4 is 17.5 Å². The normalized spacial score (nSPS) is 13.3. The minimum atomic E-state index is -4.55. The number of anilines is 1. The predicted molar refractivity (Wildman–Crippen MR) is 130 cm³/mol. The van der Waals surface area contributed by atoms with E-state index in [1.165, 1.54) is 19.1 Å². The maximum absolute atomic E-state index is 13.1. The summed E-state index contributed by atoms with van der Waals surface area (Å²) in [6.07, 6.45) is -4.77. The number of hydrogen-bond donors (Lipinski definition) is 4. The number of benzene rings is 2. The van der Waals surface area contributed by atoms with Crippen LogP contribution in [0.1, 0.15) is 54.0 Å². The third-order valence-corrected chi connectivity index (χ3v) is 5.72. The molecule has 0 spiro atoms. The van der Waals surface area contributed by atoms with E-state index in [1.807, 2.05) is 32.9 Å². The van der Waals surface area contributed by atoms with Crippen LogP contribution in [0.3, 0.4) is 0 Å². The number of carbonyl (C=O) groups is 2. The largest absolute Gasteiger partial charge is 0.416 e. The van der Waals surface area contributed by atoms with E-state index >= 15 is 0 Å². The summed E-state index contributed by atoms with van der Waals surface area (Å²) >= 11 is 0. The zero-order chi connectivity index (χ0) is 26.2. The van der Waals surface area contributed by atoms with Gasteiger partial charge in [0.15, 0.2) is 0 Å². The van der Waals surface area contributed by atoms with Gasteiger partial charge in [-0.3, -0.25) is 9.59 Å². The van der Waals surface area contributed by atoms with E-state index in [0.29, 0.717) is 19.4 Å². The van der Waals surface area contributed by atoms with Gasteiger partial charge in [0.05, 0.1) is 17.7 Å². The first-order valence-corrected chi connectivity index (χ1v) is 11.6. The Kier molecular flexibility index (Phi) is 10.3. The van der Waals surface area contributed by atoms with Crippen molar-refractivity contribution in [3.63, 3.8) is 0 Å². The quantitative estimate of drug-likeness (QED) is 0.350. The molecule has 0 radical (unpaired) electrons. The molecule has 0 saturated carbocycles. The zero-order valence-corrected chi connectivity index (χ0v) is 20.6. The van der Waals surface area contributed by atoms with Crippen LogP contribution in [0.15, 0.2) is 36.4 Å². The van der Waals surface area contributed by atoms with E-state index in [9.17, 15) is 27.9 Å². The number of carbonyl (C=O) groups excluding carboxylic acids is 2. The van der Waals surface area contributed by atoms with E-state index < -0.39 is 42.1 Å². The van der Waals surface area contributed by atoms with Crippen molar-refractivity contribution in [3.05, 3.63) is 64.2 Å². The first kappa shape index (κ1) is 28.3. The number of aliphatic hydroxyl groups excluding tert-OH is 1. The molecule has 2 rings (SSSR count). The average molecular weight is 494 g/mol. The highest BCUT2D eigenvalue weighted by molar-refractivity contribution is 6.03. The lowest BCUT2D eigenvalue weighted by atomic mass is 10.0. The van der Waals surface area contributed by atoms with Crippen LogP contribution in [0.5, 0.6) is 0 Å². The summed E-state index contributed by atoms with van der Waals surface area (Å²) < 4.78 is 39.3. The Morgan fingerprint density at radius 2 is 1.71 bits per heavy atom. The van der Waals surface area contributed by atoms with Crippen LogP contribution in [-0.4, -0.2) is 35.6 Å². The lowest BCUT2D eigenvalue weighted by Gasteiger charge is -2.24. The lowest BCUT2D eigenvalue weighted by Crippen LogP contribution is -2.49. The summed E-state index contributed by atoms with van der Waals surface area (Å²) in [4.78, 5) is 24.8. The molecule has 192 valence electrons. The van der Waals surface area contributed by atoms with Gasteiger partial charge in [-0.15, -0.1) is 0 Å². The molecular formula is C26H34F3N3O3. The Bertz CT molecular complexity index is 1020. The van der Waals surface area contributed by atoms with Crippen molar-refractivity contribution in [3.8, 4) is 0 Å². The lowest BCUT2D eigenvalue weighted by molar-refractivity contribution is -0.138. The van der Waals surface area contributed by atoms with E-state index in [1.54, 1.807) is 0 Å². The van der Waals surface area contributed by atoms with Gasteiger partial charge in [-0.25, -0.2) is 0 Å². The summed E-state index contributed by atoms with van der Waals surface area (Å²) in [6, 6.07) is 8.94. The maximum Gasteiger partial charge on any atom is 0.416 e. The molecule has 0 aliphatic rings. The van der Waals surface area contributed by atoms with E-state index in [4.69, 9.17) is 0 Å². The first-order chi connectivity index (χ1) is 16.4. The van der Waals surface area contributed by atoms with Crippen molar-refractivity contribution in [1.82, 2.24) is 10.6 Å². The fourth-order valence-corrected chi connectivity index (χ4v) is 3.80. The molecule has 0 aliphatic carbocycles. The van der Waals surface area contributed by atoms with Crippen molar-refractivity contribution in [2.75, 3.05) is 11.9 Å². The highest BCUT2D eigenvalue weighted by Crippen LogP contribution is 2.33. The molecule has 35 heavy (non-hydrogen) atoms. The smallest absolute Gasteiger partial charge is 0.391 e. The molecule has 2 aromatic carbocycles. The van der Waals surface area contributed by atoms with Gasteiger partial charge in [0.1, 0.15) is 6.42 Å². The van der Waals surface area contributed by atoms with Gasteiger partial charge in [0, 0.05) is 18.8 Å². The summed E-state index contributed by atoms with van der Waals surface area (Å²) in [5, 5.41) is 18.7. The predicted octanol–water partition coefficient (Wildman–Crippen LogP) is 4.39. The van der Waals surface area contributed by atoms with Crippen LogP contribution in [0.2, 0.25) is 0 Å². The number of rotatable bonds is 11. The molecule has 0 aromatic heterocycles. The molecule has 0 heterocycles. The Labute approximate surface area is 204 Å². The van der Waals surface area contributed by atoms with Crippen molar-refractivity contribution < 1.29 is 27.9 Å². The maximum atomic E-state index is 13.1. The highest BCUT2D eigenvalue weighted by Gasteiger charge is 2.32. The fourth-order valence-electron chi connectivity index (χ4n) is 3.80. The topological polar surface area (TPSA) is 90.5 Å². The molecule has 0 fully saturated rings. The molecule has 4 N–H and O–H groups in total. The van der Waals surface area contributed by atoms with Gasteiger partial charge in [0.25, 0.3) is 0 Å². The molecule has 9 heteroatoms. The van der Waals surface area contributed by atoms with Gasteiger partial charge in [-0.1, -0.05) is 43.2 Å². The Morgan fingerprint density at radius 3 is 2.34 bits per heavy atom. The van der Waals surface area contributed by atoms with Gasteiger partial charge < -0.3 is 21.1 Å². The van der Waals surface area contributed by atoms with Crippen molar-refractivity contribution in [2.24, 2.45) is 0 Å². The highest BCUT2D eigenvalue weighted by atomic mass is 19.4. The summed E-state index contributed by atoms with van der Waals surface area (Å²) in [6.45, 7) is 8.11. The standard InChI is InChI=1S/C26H34F3N3O3/c1-5-6-23(33)22(15-30-14-19-9-7-16(2)11-18(19)4)32-25(35)13-24(34)31-20-10-8-17(3)21(12-20)26(27,28)29/h7-12,22-23,30,33H,5-6,13-15H2,1-4H3,(H,31,34)(H,32,35). The molecule has 0 aliphatic heterocycles. The fraction of sp³-hybridized carbons (Fsp3) is 0.462. The van der Waals surface area contributed by atoms with Gasteiger partial charge in [0.2, 0.25) is 11.8 Å². The number of aliphatic hydroxyl groups is 1. The molecule has 6 nitrogen and oxygen atoms in total. The van der Waals surface area contributed by atoms with Gasteiger partial charge >= 0.3 is 6.18 Å². The zero-order valence-electron chi connectivity index (χ0n) is 20.6. The average Bonchev–Trinajstić information content (AvgIpc) is 2.75. The Morgan fingerprint density at radius 1 is 1.00 bits per heavy atom. The van der Waals surface area contributed by atoms with E-state index in [0.717, 1.165) is 22.8 Å². The Balaban J connectivity index is 1.96. The number of nitrogens with one attached hydrogen (secondary N) is 3. The third-order valence-electron chi connectivity index (χ3n) is 5.72. The first-order valence-electron chi connectivity index (χ1n) is 11.6. The summed E-state index contributed by atoms with van der Waals surface area (Å²) in [5.41, 5.74) is 2.54. The van der Waals surface area contributed by atoms with E-state index in [2.05, 4.69) is 22.0 Å². The summed E-state index contributed by atoms with van der Waals surface area (Å²) in [5.74, 6) is -1.37. The molecule has 2 unspecified atom stereocenters. The van der Waals surface area contributed by atoms with Gasteiger partial charge in [-0.2, -0.15) is 13.2 Å². The number of amides is 2. The number of alkyl halides is 3. The van der Waals surface area contributed by atoms with Gasteiger partial charge in [-0.05, 0) is 56.0 Å². The SMILES string of the molecule is CCCC(O)C(CNCc1ccc(C)cc1C)NC(=O)CC(=O)Nc1ccc(C)c(C(F)(F)F)c1. The second-order valence-electron chi connectivity index (χ2n) is 8.84. The third kappa shape index (κ3) is 8.99. The number of aryl methyl sites for hydroxylation is 3. The van der Waals surface area contributed by atoms with Crippen molar-refractivity contribution in [2.45, 2.75) is 71.8 Å². The molecule has 0 bridgehead atoms. The van der Waals surface area contributed by atoms with Crippen LogP contribution < -0.4 is 16.0 Å². The minimum Gasteiger partial charge on any atom is -0.391 e. The van der Waals surface area contributed by atoms with Crippen LogP contribution in [0.25, 0.3) is 0 Å². The van der Waals surface area contributed by atoms with Crippen molar-refractivity contribution in [1.29, 1.82) is 0 Å². The van der Waals surface area contributed by atoms with Crippen LogP contribution in [-0.2, 0) is 22.3 Å². The van der Waals surface area contributed by atoms with Crippen LogP contribution >= 0.6 is 0 Å². The number of halogens is 3. The molecule has 2 aromatic rings. The molecular weight excluding hydrogens is 459 g/mol. The Hall–Kier alpha value is -2.91. The summed E-state index contributed by atoms with van der Waals surface area (Å²) in [7, 11) is 0. The number of hydrogen-bond acceptors (Lipinski definition) is 4. The second kappa shape index (κ2) is 12.7. The van der Waals surface area contributed by atoms with Crippen LogP contribution in [0.4, 0.5) is 18.9 Å². The van der Waals surface area contributed by atoms with Crippen LogP contribution in [0, 0.1) is 20.8 Å².